The average molecular weight is 512 g/mol. The number of fused-ring (bicyclic) bond motifs is 1. The Kier molecular flexibility index (Phi) is 6.92. The quantitative estimate of drug-likeness (QED) is 0.482. The van der Waals surface area contributed by atoms with Crippen LogP contribution in [0.5, 0.6) is 0 Å². The summed E-state index contributed by atoms with van der Waals surface area (Å²) >= 11 is 7.49. The maximum Gasteiger partial charge on any atom is 0.414 e. The molecule has 1 aromatic heterocycles. The van der Waals surface area contributed by atoms with E-state index in [1.807, 2.05) is 24.3 Å². The van der Waals surface area contributed by atoms with Gasteiger partial charge in [-0.15, -0.1) is 11.3 Å². The topological polar surface area (TPSA) is 87.7 Å². The van der Waals surface area contributed by atoms with Gasteiger partial charge in [-0.2, -0.15) is 0 Å². The summed E-state index contributed by atoms with van der Waals surface area (Å²) < 4.78 is 6.06. The van der Waals surface area contributed by atoms with Gasteiger partial charge < -0.3 is 15.4 Å². The van der Waals surface area contributed by atoms with Crippen LogP contribution in [0.2, 0.25) is 5.02 Å². The highest BCUT2D eigenvalue weighted by Gasteiger charge is 2.29. The monoisotopic (exact) mass is 511 g/mol. The molecule has 7 nitrogen and oxygen atoms in total. The fourth-order valence-corrected chi connectivity index (χ4v) is 5.91. The highest BCUT2D eigenvalue weighted by atomic mass is 35.5. The third kappa shape index (κ3) is 5.28. The van der Waals surface area contributed by atoms with Gasteiger partial charge in [0.2, 0.25) is 0 Å². The number of ether oxygens (including phenoxy) is 1. The molecular formula is C26H26ClN3O4S. The van der Waals surface area contributed by atoms with Crippen molar-refractivity contribution in [3.8, 4) is 0 Å². The van der Waals surface area contributed by atoms with E-state index in [1.165, 1.54) is 11.3 Å². The SMILES string of the molecule is O=C(NC1CCCCC1NC(=O)c1cc2ccc(Cl)cc2s1)c1ccc(N2CCCOC2=O)cc1. The molecule has 0 bridgehead atoms. The van der Waals surface area contributed by atoms with Gasteiger partial charge in [-0.05, 0) is 67.1 Å². The lowest BCUT2D eigenvalue weighted by Gasteiger charge is -2.32. The molecule has 1 saturated heterocycles. The van der Waals surface area contributed by atoms with E-state index in [2.05, 4.69) is 10.6 Å². The lowest BCUT2D eigenvalue weighted by atomic mass is 9.90. The first-order chi connectivity index (χ1) is 17.0. The Balaban J connectivity index is 1.24. The van der Waals surface area contributed by atoms with Gasteiger partial charge in [0, 0.05) is 39.6 Å². The van der Waals surface area contributed by atoms with Gasteiger partial charge >= 0.3 is 6.09 Å². The smallest absolute Gasteiger partial charge is 0.414 e. The van der Waals surface area contributed by atoms with Crippen LogP contribution in [-0.4, -0.2) is 43.1 Å². The van der Waals surface area contributed by atoms with Crippen molar-refractivity contribution >= 4 is 56.6 Å². The second-order valence-corrected chi connectivity index (χ2v) is 10.4. The molecule has 5 rings (SSSR count). The standard InChI is InChI=1S/C26H26ClN3O4S/c27-18-9-6-17-14-23(35-22(17)15-18)25(32)29-21-5-2-1-4-20(21)28-24(31)16-7-10-19(11-8-16)30-12-3-13-34-26(30)33/h6-11,14-15,20-21H,1-5,12-13H2,(H,28,31)(H,29,32). The number of thiophene rings is 1. The Morgan fingerprint density at radius 3 is 2.37 bits per heavy atom. The van der Waals surface area contributed by atoms with Gasteiger partial charge in [-0.1, -0.05) is 30.5 Å². The van der Waals surface area contributed by atoms with Gasteiger partial charge in [0.15, 0.2) is 0 Å². The number of nitrogens with zero attached hydrogens (tertiary/aromatic N) is 1. The maximum absolute atomic E-state index is 13.0. The molecule has 182 valence electrons. The summed E-state index contributed by atoms with van der Waals surface area (Å²) in [6.07, 6.45) is 4.02. The number of cyclic esters (lactones) is 1. The average Bonchev–Trinajstić information content (AvgIpc) is 3.29. The van der Waals surface area contributed by atoms with Crippen LogP contribution in [0.25, 0.3) is 10.1 Å². The summed E-state index contributed by atoms with van der Waals surface area (Å²) in [4.78, 5) is 40.1. The van der Waals surface area contributed by atoms with E-state index >= 15 is 0 Å². The summed E-state index contributed by atoms with van der Waals surface area (Å²) in [7, 11) is 0. The largest absolute Gasteiger partial charge is 0.449 e. The molecule has 1 saturated carbocycles. The Hall–Kier alpha value is -3.10. The number of carbonyl (C=O) groups is 3. The first kappa shape index (κ1) is 23.6. The normalized spacial score (nSPS) is 20.4. The van der Waals surface area contributed by atoms with E-state index in [1.54, 1.807) is 29.2 Å². The van der Waals surface area contributed by atoms with Gasteiger partial charge in [0.05, 0.1) is 11.5 Å². The Morgan fingerprint density at radius 1 is 0.943 bits per heavy atom. The Bertz CT molecular complexity index is 1260. The van der Waals surface area contributed by atoms with Crippen molar-refractivity contribution in [2.75, 3.05) is 18.1 Å². The molecule has 3 amide bonds. The minimum atomic E-state index is -0.365. The molecule has 1 aliphatic carbocycles. The fraction of sp³-hybridized carbons (Fsp3) is 0.346. The van der Waals surface area contributed by atoms with E-state index in [9.17, 15) is 14.4 Å². The fourth-order valence-electron chi connectivity index (χ4n) is 4.66. The number of anilines is 1. The molecule has 2 unspecified atom stereocenters. The summed E-state index contributed by atoms with van der Waals surface area (Å²) in [6.45, 7) is 1.03. The third-order valence-corrected chi connectivity index (χ3v) is 7.85. The highest BCUT2D eigenvalue weighted by Crippen LogP contribution is 2.29. The summed E-state index contributed by atoms with van der Waals surface area (Å²) in [6, 6.07) is 14.1. The van der Waals surface area contributed by atoms with E-state index in [4.69, 9.17) is 16.3 Å². The van der Waals surface area contributed by atoms with E-state index < -0.39 is 0 Å². The van der Waals surface area contributed by atoms with Crippen molar-refractivity contribution in [1.82, 2.24) is 10.6 Å². The number of halogens is 1. The van der Waals surface area contributed by atoms with Crippen LogP contribution in [0, 0.1) is 0 Å². The molecule has 2 heterocycles. The van der Waals surface area contributed by atoms with Crippen LogP contribution in [0.1, 0.15) is 52.1 Å². The zero-order valence-corrected chi connectivity index (χ0v) is 20.7. The number of benzene rings is 2. The number of hydrogen-bond donors (Lipinski definition) is 2. The van der Waals surface area contributed by atoms with Crippen molar-refractivity contribution < 1.29 is 19.1 Å². The number of hydrogen-bond acceptors (Lipinski definition) is 5. The minimum absolute atomic E-state index is 0.133. The van der Waals surface area contributed by atoms with E-state index in [0.717, 1.165) is 42.2 Å². The molecule has 2 fully saturated rings. The molecule has 0 radical (unpaired) electrons. The Labute approximate surface area is 212 Å². The van der Waals surface area contributed by atoms with Gasteiger partial charge in [-0.25, -0.2) is 4.79 Å². The predicted octanol–water partition coefficient (Wildman–Crippen LogP) is 5.37. The lowest BCUT2D eigenvalue weighted by molar-refractivity contribution is 0.0865. The molecule has 2 aliphatic rings. The van der Waals surface area contributed by atoms with Crippen LogP contribution in [0.3, 0.4) is 0 Å². The third-order valence-electron chi connectivity index (χ3n) is 6.52. The van der Waals surface area contributed by atoms with Crippen LogP contribution in [0.15, 0.2) is 48.5 Å². The van der Waals surface area contributed by atoms with E-state index in [-0.39, 0.29) is 30.0 Å². The molecule has 2 aromatic carbocycles. The molecular weight excluding hydrogens is 486 g/mol. The number of rotatable bonds is 5. The number of amides is 3. The van der Waals surface area contributed by atoms with Crippen molar-refractivity contribution in [3.63, 3.8) is 0 Å². The summed E-state index contributed by atoms with van der Waals surface area (Å²) in [5, 5.41) is 7.88. The Morgan fingerprint density at radius 2 is 1.66 bits per heavy atom. The number of carbonyl (C=O) groups excluding carboxylic acids is 3. The second-order valence-electron chi connectivity index (χ2n) is 8.90. The molecule has 2 atom stereocenters. The zero-order valence-electron chi connectivity index (χ0n) is 19.1. The summed E-state index contributed by atoms with van der Waals surface area (Å²) in [5.41, 5.74) is 1.22. The molecule has 3 aromatic rings. The maximum atomic E-state index is 13.0. The molecule has 2 N–H and O–H groups in total. The molecule has 1 aliphatic heterocycles. The number of nitrogens with one attached hydrogen (secondary N) is 2. The van der Waals surface area contributed by atoms with Crippen molar-refractivity contribution in [3.05, 3.63) is 64.0 Å². The minimum Gasteiger partial charge on any atom is -0.449 e. The van der Waals surface area contributed by atoms with Crippen LogP contribution in [-0.2, 0) is 4.74 Å². The van der Waals surface area contributed by atoms with E-state index in [0.29, 0.717) is 34.3 Å². The van der Waals surface area contributed by atoms with Crippen LogP contribution >= 0.6 is 22.9 Å². The van der Waals surface area contributed by atoms with Crippen LogP contribution in [0.4, 0.5) is 10.5 Å². The first-order valence-electron chi connectivity index (χ1n) is 11.8. The van der Waals surface area contributed by atoms with Gasteiger partial charge in [-0.3, -0.25) is 14.5 Å². The first-order valence-corrected chi connectivity index (χ1v) is 13.0. The highest BCUT2D eigenvalue weighted by molar-refractivity contribution is 7.20. The van der Waals surface area contributed by atoms with Crippen molar-refractivity contribution in [2.45, 2.75) is 44.2 Å². The molecule has 35 heavy (non-hydrogen) atoms. The summed E-state index contributed by atoms with van der Waals surface area (Å²) in [5.74, 6) is -0.327. The lowest BCUT2D eigenvalue weighted by Crippen LogP contribution is -2.53. The van der Waals surface area contributed by atoms with Crippen molar-refractivity contribution in [2.24, 2.45) is 0 Å². The molecule has 9 heteroatoms. The molecule has 0 spiro atoms. The predicted molar refractivity (Wildman–Crippen MR) is 138 cm³/mol. The van der Waals surface area contributed by atoms with Crippen molar-refractivity contribution in [1.29, 1.82) is 0 Å². The van der Waals surface area contributed by atoms with Gasteiger partial charge in [0.1, 0.15) is 0 Å². The zero-order chi connectivity index (χ0) is 24.4. The second kappa shape index (κ2) is 10.3. The van der Waals surface area contributed by atoms with Crippen LogP contribution < -0.4 is 15.5 Å². The van der Waals surface area contributed by atoms with Gasteiger partial charge in [0.25, 0.3) is 11.8 Å².